The normalized spacial score (nSPS) is 28.3. The van der Waals surface area contributed by atoms with Gasteiger partial charge in [0.25, 0.3) is 0 Å². The van der Waals surface area contributed by atoms with Crippen LogP contribution in [0.25, 0.3) is 0 Å². The van der Waals surface area contributed by atoms with Gasteiger partial charge in [-0.1, -0.05) is 0 Å². The van der Waals surface area contributed by atoms with Gasteiger partial charge in [0.2, 0.25) is 0 Å². The van der Waals surface area contributed by atoms with Crippen molar-refractivity contribution in [3.05, 3.63) is 0 Å². The van der Waals surface area contributed by atoms with Crippen molar-refractivity contribution in [2.24, 2.45) is 11.8 Å². The van der Waals surface area contributed by atoms with Crippen molar-refractivity contribution in [2.45, 2.75) is 45.3 Å². The Morgan fingerprint density at radius 3 is 2.32 bits per heavy atom. The molecule has 1 saturated heterocycles. The summed E-state index contributed by atoms with van der Waals surface area (Å²) < 4.78 is 15.8. The van der Waals surface area contributed by atoms with Crippen molar-refractivity contribution in [3.63, 3.8) is 0 Å². The molecule has 5 nitrogen and oxygen atoms in total. The van der Waals surface area contributed by atoms with Crippen LogP contribution in [0.1, 0.15) is 39.0 Å². The predicted molar refractivity (Wildman–Crippen MR) is 67.4 cm³/mol. The first-order chi connectivity index (χ1) is 9.20. The van der Waals surface area contributed by atoms with Gasteiger partial charge in [-0.05, 0) is 32.6 Å². The van der Waals surface area contributed by atoms with Crippen LogP contribution in [0, 0.1) is 11.8 Å². The van der Waals surface area contributed by atoms with E-state index in [4.69, 9.17) is 14.2 Å². The van der Waals surface area contributed by atoms with Crippen LogP contribution < -0.4 is 0 Å². The van der Waals surface area contributed by atoms with E-state index in [1.165, 1.54) is 0 Å². The summed E-state index contributed by atoms with van der Waals surface area (Å²) in [5.41, 5.74) is 0. The molecule has 0 amide bonds. The molecule has 0 radical (unpaired) electrons. The zero-order valence-corrected chi connectivity index (χ0v) is 11.4. The highest BCUT2D eigenvalue weighted by molar-refractivity contribution is 5.96. The van der Waals surface area contributed by atoms with E-state index in [2.05, 4.69) is 0 Å². The maximum Gasteiger partial charge on any atom is 0.313 e. The molecular formula is C14H22O5. The molecule has 0 N–H and O–H groups in total. The van der Waals surface area contributed by atoms with Gasteiger partial charge >= 0.3 is 5.97 Å². The van der Waals surface area contributed by atoms with Crippen LogP contribution in [0.3, 0.4) is 0 Å². The number of rotatable bonds is 5. The molecule has 5 heteroatoms. The third kappa shape index (κ3) is 4.01. The summed E-state index contributed by atoms with van der Waals surface area (Å²) in [6.45, 7) is 3.42. The second-order valence-electron chi connectivity index (χ2n) is 5.17. The maximum atomic E-state index is 11.9. The number of carbonyl (C=O) groups excluding carboxylic acids is 2. The number of Topliss-reactive ketones (excluding diaryl/α,β-unsaturated/α-hetero) is 1. The Morgan fingerprint density at radius 2 is 1.74 bits per heavy atom. The van der Waals surface area contributed by atoms with E-state index < -0.39 is 5.97 Å². The molecule has 1 aliphatic heterocycles. The summed E-state index contributed by atoms with van der Waals surface area (Å²) in [7, 11) is 0. The zero-order valence-electron chi connectivity index (χ0n) is 11.4. The Labute approximate surface area is 113 Å². The third-order valence-corrected chi connectivity index (χ3v) is 3.88. The Kier molecular flexibility index (Phi) is 5.34. The van der Waals surface area contributed by atoms with Crippen LogP contribution in [0.15, 0.2) is 0 Å². The number of ether oxygens (including phenoxy) is 3. The topological polar surface area (TPSA) is 61.8 Å². The smallest absolute Gasteiger partial charge is 0.313 e. The lowest BCUT2D eigenvalue weighted by Gasteiger charge is -2.30. The highest BCUT2D eigenvalue weighted by Gasteiger charge is 2.33. The van der Waals surface area contributed by atoms with E-state index in [1.807, 2.05) is 0 Å². The molecule has 0 atom stereocenters. The van der Waals surface area contributed by atoms with Gasteiger partial charge in [-0.2, -0.15) is 0 Å². The van der Waals surface area contributed by atoms with Gasteiger partial charge in [-0.15, -0.1) is 0 Å². The molecule has 1 aliphatic carbocycles. The lowest BCUT2D eigenvalue weighted by atomic mass is 9.79. The third-order valence-electron chi connectivity index (χ3n) is 3.88. The lowest BCUT2D eigenvalue weighted by molar-refractivity contribution is -0.147. The molecule has 0 spiro atoms. The van der Waals surface area contributed by atoms with E-state index in [0.29, 0.717) is 25.7 Å². The van der Waals surface area contributed by atoms with Crippen LogP contribution in [0.4, 0.5) is 0 Å². The fourth-order valence-electron chi connectivity index (χ4n) is 2.86. The number of ketones is 1. The summed E-state index contributed by atoms with van der Waals surface area (Å²) in [5, 5.41) is 0. The molecule has 0 unspecified atom stereocenters. The fourth-order valence-corrected chi connectivity index (χ4v) is 2.86. The van der Waals surface area contributed by atoms with Crippen LogP contribution in [0.5, 0.6) is 0 Å². The van der Waals surface area contributed by atoms with Crippen molar-refractivity contribution in [1.82, 2.24) is 0 Å². The molecule has 1 heterocycles. The molecule has 0 bridgehead atoms. The standard InChI is InChI=1S/C14H22O5/c1-2-17-13(16)9-12(15)10-3-5-11(6-4-10)14-18-7-8-19-14/h10-11,14H,2-9H2,1H3. The molecule has 19 heavy (non-hydrogen) atoms. The maximum absolute atomic E-state index is 11.9. The van der Waals surface area contributed by atoms with E-state index >= 15 is 0 Å². The minimum atomic E-state index is -0.405. The predicted octanol–water partition coefficient (Wildman–Crippen LogP) is 1.69. The van der Waals surface area contributed by atoms with E-state index in [9.17, 15) is 9.59 Å². The molecule has 0 aromatic carbocycles. The Bertz CT molecular complexity index is 314. The molecule has 1 saturated carbocycles. The van der Waals surface area contributed by atoms with Gasteiger partial charge in [0.1, 0.15) is 12.2 Å². The van der Waals surface area contributed by atoms with Crippen molar-refractivity contribution in [1.29, 1.82) is 0 Å². The first kappa shape index (κ1) is 14.5. The molecule has 2 fully saturated rings. The van der Waals surface area contributed by atoms with Crippen LogP contribution >= 0.6 is 0 Å². The van der Waals surface area contributed by atoms with Crippen LogP contribution in [-0.4, -0.2) is 37.9 Å². The highest BCUT2D eigenvalue weighted by Crippen LogP contribution is 2.34. The molecule has 108 valence electrons. The molecule has 2 aliphatic rings. The van der Waals surface area contributed by atoms with Crippen molar-refractivity contribution < 1.29 is 23.8 Å². The second kappa shape index (κ2) is 7.01. The zero-order chi connectivity index (χ0) is 13.7. The minimum Gasteiger partial charge on any atom is -0.466 e. The largest absolute Gasteiger partial charge is 0.466 e. The first-order valence-electron chi connectivity index (χ1n) is 7.12. The van der Waals surface area contributed by atoms with Gasteiger partial charge < -0.3 is 14.2 Å². The summed E-state index contributed by atoms with van der Waals surface area (Å²) >= 11 is 0. The number of hydrogen-bond donors (Lipinski definition) is 0. The van der Waals surface area contributed by atoms with E-state index in [0.717, 1.165) is 25.7 Å². The summed E-state index contributed by atoms with van der Waals surface area (Å²) in [6, 6.07) is 0. The average molecular weight is 270 g/mol. The Hall–Kier alpha value is -0.940. The lowest BCUT2D eigenvalue weighted by Crippen LogP contribution is -2.30. The number of hydrogen-bond acceptors (Lipinski definition) is 5. The van der Waals surface area contributed by atoms with Gasteiger partial charge in [-0.3, -0.25) is 9.59 Å². The SMILES string of the molecule is CCOC(=O)CC(=O)C1CCC(C2OCCO2)CC1. The highest BCUT2D eigenvalue weighted by atomic mass is 16.7. The number of carbonyl (C=O) groups is 2. The Morgan fingerprint density at radius 1 is 1.11 bits per heavy atom. The molecule has 0 aromatic heterocycles. The van der Waals surface area contributed by atoms with Crippen LogP contribution in [0.2, 0.25) is 0 Å². The summed E-state index contributed by atoms with van der Waals surface area (Å²) in [4.78, 5) is 23.2. The van der Waals surface area contributed by atoms with Crippen molar-refractivity contribution >= 4 is 11.8 Å². The number of esters is 1. The monoisotopic (exact) mass is 270 g/mol. The fraction of sp³-hybridized carbons (Fsp3) is 0.857. The molecule has 0 aromatic rings. The summed E-state index contributed by atoms with van der Waals surface area (Å²) in [5.74, 6) is 0.0124. The average Bonchev–Trinajstić information content (AvgIpc) is 2.93. The molecule has 2 rings (SSSR count). The van der Waals surface area contributed by atoms with Crippen molar-refractivity contribution in [3.8, 4) is 0 Å². The van der Waals surface area contributed by atoms with Gasteiger partial charge in [0.15, 0.2) is 6.29 Å². The van der Waals surface area contributed by atoms with Crippen molar-refractivity contribution in [2.75, 3.05) is 19.8 Å². The first-order valence-corrected chi connectivity index (χ1v) is 7.12. The van der Waals surface area contributed by atoms with E-state index in [1.54, 1.807) is 6.92 Å². The summed E-state index contributed by atoms with van der Waals surface area (Å²) in [6.07, 6.45) is 3.35. The Balaban J connectivity index is 1.73. The second-order valence-corrected chi connectivity index (χ2v) is 5.17. The minimum absolute atomic E-state index is 0.00191. The van der Waals surface area contributed by atoms with Gasteiger partial charge in [-0.25, -0.2) is 0 Å². The quantitative estimate of drug-likeness (QED) is 0.562. The van der Waals surface area contributed by atoms with Gasteiger partial charge in [0, 0.05) is 11.8 Å². The van der Waals surface area contributed by atoms with E-state index in [-0.39, 0.29) is 24.4 Å². The van der Waals surface area contributed by atoms with Gasteiger partial charge in [0.05, 0.1) is 19.8 Å². The molecular weight excluding hydrogens is 248 g/mol. The van der Waals surface area contributed by atoms with Crippen LogP contribution in [-0.2, 0) is 23.8 Å².